The average Bonchev–Trinajstić information content (AvgIpc) is 3.00. The molecule has 0 aliphatic rings. The Kier molecular flexibility index (Phi) is 4.35. The first-order valence-corrected chi connectivity index (χ1v) is 7.82. The quantitative estimate of drug-likeness (QED) is 0.751. The molecule has 7 nitrogen and oxygen atoms in total. The molecule has 25 heavy (non-hydrogen) atoms. The van der Waals surface area contributed by atoms with E-state index in [0.717, 1.165) is 11.1 Å². The number of carbonyl (C=O) groups is 1. The van der Waals surface area contributed by atoms with E-state index in [-0.39, 0.29) is 29.1 Å². The number of benzene rings is 1. The van der Waals surface area contributed by atoms with E-state index in [1.165, 1.54) is 10.7 Å². The summed E-state index contributed by atoms with van der Waals surface area (Å²) in [7, 11) is 0. The Morgan fingerprint density at radius 3 is 2.84 bits per heavy atom. The Balaban J connectivity index is 1.81. The lowest BCUT2D eigenvalue weighted by molar-refractivity contribution is -0.120. The van der Waals surface area contributed by atoms with Gasteiger partial charge in [-0.15, -0.1) is 0 Å². The van der Waals surface area contributed by atoms with Crippen LogP contribution in [-0.4, -0.2) is 20.5 Å². The summed E-state index contributed by atoms with van der Waals surface area (Å²) in [4.78, 5) is 29.1. The van der Waals surface area contributed by atoms with E-state index in [2.05, 4.69) is 15.4 Å². The van der Waals surface area contributed by atoms with Gasteiger partial charge in [-0.25, -0.2) is 9.50 Å². The van der Waals surface area contributed by atoms with Crippen LogP contribution in [0.4, 0.5) is 0 Å². The Hall–Kier alpha value is -3.40. The summed E-state index contributed by atoms with van der Waals surface area (Å²) in [5, 5.41) is 14.6. The topological polar surface area (TPSA) is 103 Å². The lowest BCUT2D eigenvalue weighted by atomic mass is 10.1. The fraction of sp³-hybridized carbons (Fsp3) is 0.222. The second-order valence-electron chi connectivity index (χ2n) is 5.82. The third-order valence-electron chi connectivity index (χ3n) is 4.16. The molecule has 1 amide bonds. The van der Waals surface area contributed by atoms with Crippen LogP contribution in [0.5, 0.6) is 0 Å². The molecule has 2 aromatic heterocycles. The van der Waals surface area contributed by atoms with Crippen LogP contribution >= 0.6 is 0 Å². The highest BCUT2D eigenvalue weighted by Gasteiger charge is 2.16. The van der Waals surface area contributed by atoms with E-state index in [9.17, 15) is 9.59 Å². The van der Waals surface area contributed by atoms with Crippen LogP contribution in [0.25, 0.3) is 5.65 Å². The van der Waals surface area contributed by atoms with Gasteiger partial charge in [0.25, 0.3) is 5.56 Å². The summed E-state index contributed by atoms with van der Waals surface area (Å²) in [6.45, 7) is 4.05. The highest BCUT2D eigenvalue weighted by Crippen LogP contribution is 2.09. The first-order chi connectivity index (χ1) is 12.0. The van der Waals surface area contributed by atoms with Crippen molar-refractivity contribution in [3.63, 3.8) is 0 Å². The lowest BCUT2D eigenvalue weighted by Crippen LogP contribution is -2.30. The standard InChI is InChI=1S/C18H17N5O2/c1-11-5-3-4-6-13(11)9-20-16(24)7-15-12(2)22-17-14(8-19)10-21-23(17)18(15)25/h3-6,10,21H,7,9H2,1-2H3,(H,20,24). The van der Waals surface area contributed by atoms with E-state index >= 15 is 0 Å². The Morgan fingerprint density at radius 2 is 2.12 bits per heavy atom. The molecule has 0 unspecified atom stereocenters. The number of aryl methyl sites for hydroxylation is 2. The van der Waals surface area contributed by atoms with Gasteiger partial charge in [-0.05, 0) is 25.0 Å². The van der Waals surface area contributed by atoms with Crippen molar-refractivity contribution in [2.45, 2.75) is 26.8 Å². The zero-order valence-electron chi connectivity index (χ0n) is 14.0. The minimum Gasteiger partial charge on any atom is -0.352 e. The highest BCUT2D eigenvalue weighted by atomic mass is 16.2. The monoisotopic (exact) mass is 335 g/mol. The van der Waals surface area contributed by atoms with Gasteiger partial charge in [0.2, 0.25) is 5.91 Å². The van der Waals surface area contributed by atoms with E-state index in [1.54, 1.807) is 6.92 Å². The molecule has 0 aliphatic heterocycles. The molecule has 0 bridgehead atoms. The summed E-state index contributed by atoms with van der Waals surface area (Å²) < 4.78 is 1.19. The number of rotatable bonds is 4. The zero-order chi connectivity index (χ0) is 18.0. The summed E-state index contributed by atoms with van der Waals surface area (Å²) in [6.07, 6.45) is 1.36. The SMILES string of the molecule is Cc1ccccc1CNC(=O)Cc1c(C)nc2c(C#N)c[nH]n2c1=O. The number of H-pyrrole nitrogens is 1. The minimum absolute atomic E-state index is 0.0621. The largest absolute Gasteiger partial charge is 0.352 e. The number of fused-ring (bicyclic) bond motifs is 1. The summed E-state index contributed by atoms with van der Waals surface area (Å²) in [5.41, 5.74) is 3.08. The maximum Gasteiger partial charge on any atom is 0.276 e. The molecule has 126 valence electrons. The molecular formula is C18H17N5O2. The fourth-order valence-electron chi connectivity index (χ4n) is 2.67. The van der Waals surface area contributed by atoms with E-state index in [4.69, 9.17) is 5.26 Å². The summed E-state index contributed by atoms with van der Waals surface area (Å²) in [6, 6.07) is 9.77. The molecule has 7 heteroatoms. The van der Waals surface area contributed by atoms with E-state index < -0.39 is 0 Å². The van der Waals surface area contributed by atoms with Crippen molar-refractivity contribution in [2.75, 3.05) is 0 Å². The van der Waals surface area contributed by atoms with Crippen LogP contribution in [0.2, 0.25) is 0 Å². The maximum absolute atomic E-state index is 12.5. The maximum atomic E-state index is 12.5. The Labute approximate surface area is 143 Å². The van der Waals surface area contributed by atoms with E-state index in [1.807, 2.05) is 37.3 Å². The molecule has 0 radical (unpaired) electrons. The number of aromatic nitrogens is 3. The Bertz CT molecular complexity index is 1060. The molecular weight excluding hydrogens is 318 g/mol. The smallest absolute Gasteiger partial charge is 0.276 e. The van der Waals surface area contributed by atoms with Crippen LogP contribution in [0, 0.1) is 25.2 Å². The lowest BCUT2D eigenvalue weighted by Gasteiger charge is -2.09. The van der Waals surface area contributed by atoms with Gasteiger partial charge in [-0.3, -0.25) is 14.7 Å². The van der Waals surface area contributed by atoms with Crippen molar-refractivity contribution in [3.8, 4) is 6.07 Å². The Morgan fingerprint density at radius 1 is 1.36 bits per heavy atom. The molecule has 3 rings (SSSR count). The number of aromatic amines is 1. The van der Waals surface area contributed by atoms with Gasteiger partial charge in [-0.2, -0.15) is 5.26 Å². The van der Waals surface area contributed by atoms with Gasteiger partial charge in [0.15, 0.2) is 5.65 Å². The van der Waals surface area contributed by atoms with Crippen LogP contribution in [-0.2, 0) is 17.8 Å². The molecule has 0 saturated heterocycles. The molecule has 1 aromatic carbocycles. The van der Waals surface area contributed by atoms with Gasteiger partial charge < -0.3 is 5.32 Å². The van der Waals surface area contributed by atoms with E-state index in [0.29, 0.717) is 17.8 Å². The molecule has 2 heterocycles. The molecule has 0 fully saturated rings. The molecule has 2 N–H and O–H groups in total. The number of nitriles is 1. The van der Waals surface area contributed by atoms with Gasteiger partial charge in [0, 0.05) is 24.0 Å². The van der Waals surface area contributed by atoms with Crippen molar-refractivity contribution in [1.82, 2.24) is 19.9 Å². The molecule has 3 aromatic rings. The number of hydrogen-bond donors (Lipinski definition) is 2. The van der Waals surface area contributed by atoms with Crippen molar-refractivity contribution < 1.29 is 4.79 Å². The molecule has 0 saturated carbocycles. The van der Waals surface area contributed by atoms with Crippen LogP contribution < -0.4 is 10.9 Å². The second-order valence-corrected chi connectivity index (χ2v) is 5.82. The first-order valence-electron chi connectivity index (χ1n) is 7.82. The zero-order valence-corrected chi connectivity index (χ0v) is 14.0. The van der Waals surface area contributed by atoms with Crippen LogP contribution in [0.1, 0.15) is 27.9 Å². The van der Waals surface area contributed by atoms with Gasteiger partial charge in [0.05, 0.1) is 6.42 Å². The number of amides is 1. The predicted octanol–water partition coefficient (Wildman–Crippen LogP) is 1.37. The number of nitrogens with zero attached hydrogens (tertiary/aromatic N) is 3. The normalized spacial score (nSPS) is 10.6. The molecule has 0 aliphatic carbocycles. The molecule has 0 spiro atoms. The first kappa shape index (κ1) is 16.5. The van der Waals surface area contributed by atoms with Crippen LogP contribution in [0.15, 0.2) is 35.3 Å². The number of hydrogen-bond acceptors (Lipinski definition) is 4. The van der Waals surface area contributed by atoms with Crippen molar-refractivity contribution >= 4 is 11.6 Å². The summed E-state index contributed by atoms with van der Waals surface area (Å²) in [5.74, 6) is -0.253. The summed E-state index contributed by atoms with van der Waals surface area (Å²) >= 11 is 0. The minimum atomic E-state index is -0.366. The number of carbonyl (C=O) groups excluding carboxylic acids is 1. The number of nitrogens with one attached hydrogen (secondary N) is 2. The second kappa shape index (κ2) is 6.61. The van der Waals surface area contributed by atoms with Crippen molar-refractivity contribution in [2.24, 2.45) is 0 Å². The van der Waals surface area contributed by atoms with Gasteiger partial charge in [0.1, 0.15) is 11.6 Å². The van der Waals surface area contributed by atoms with Crippen molar-refractivity contribution in [1.29, 1.82) is 5.26 Å². The third-order valence-corrected chi connectivity index (χ3v) is 4.16. The third kappa shape index (κ3) is 3.15. The molecule has 0 atom stereocenters. The van der Waals surface area contributed by atoms with Gasteiger partial charge >= 0.3 is 0 Å². The van der Waals surface area contributed by atoms with Gasteiger partial charge in [-0.1, -0.05) is 24.3 Å². The fourth-order valence-corrected chi connectivity index (χ4v) is 2.67. The van der Waals surface area contributed by atoms with Crippen molar-refractivity contribution in [3.05, 3.63) is 68.8 Å². The average molecular weight is 335 g/mol. The predicted molar refractivity (Wildman–Crippen MR) is 92.0 cm³/mol. The highest BCUT2D eigenvalue weighted by molar-refractivity contribution is 5.78. The van der Waals surface area contributed by atoms with Crippen LogP contribution in [0.3, 0.4) is 0 Å².